The van der Waals surface area contributed by atoms with Gasteiger partial charge < -0.3 is 4.74 Å². The van der Waals surface area contributed by atoms with Crippen molar-refractivity contribution in [1.82, 2.24) is 0 Å². The largest absolute Gasteiger partial charge is 0.493 e. The maximum atomic E-state index is 6.35. The number of ether oxygens (including phenoxy) is 1. The van der Waals surface area contributed by atoms with Gasteiger partial charge in [-0.2, -0.15) is 0 Å². The predicted molar refractivity (Wildman–Crippen MR) is 78.6 cm³/mol. The zero-order chi connectivity index (χ0) is 12.5. The van der Waals surface area contributed by atoms with Crippen molar-refractivity contribution < 1.29 is 4.74 Å². The van der Waals surface area contributed by atoms with Crippen molar-refractivity contribution >= 4 is 27.5 Å². The predicted octanol–water partition coefficient (Wildman–Crippen LogP) is 4.72. The number of alkyl halides is 1. The molecule has 0 N–H and O–H groups in total. The van der Waals surface area contributed by atoms with Crippen LogP contribution < -0.4 is 4.74 Å². The molecule has 1 nitrogen and oxygen atoms in total. The van der Waals surface area contributed by atoms with Gasteiger partial charge in [0.1, 0.15) is 5.75 Å². The Balaban J connectivity index is 1.61. The molecule has 1 unspecified atom stereocenters. The van der Waals surface area contributed by atoms with Gasteiger partial charge in [-0.15, -0.1) is 11.6 Å². The fraction of sp³-hybridized carbons (Fsp3) is 0.600. The number of fused-ring (bicyclic) bond motifs is 1. The summed E-state index contributed by atoms with van der Waals surface area (Å²) >= 11 is 9.94. The van der Waals surface area contributed by atoms with Crippen molar-refractivity contribution in [2.45, 2.75) is 43.9 Å². The van der Waals surface area contributed by atoms with E-state index in [2.05, 4.69) is 28.1 Å². The Morgan fingerprint density at radius 2 is 2.22 bits per heavy atom. The Morgan fingerprint density at radius 1 is 1.39 bits per heavy atom. The lowest BCUT2D eigenvalue weighted by atomic mass is 10.0. The van der Waals surface area contributed by atoms with E-state index in [1.54, 1.807) is 0 Å². The van der Waals surface area contributed by atoms with Gasteiger partial charge >= 0.3 is 0 Å². The average molecular weight is 330 g/mol. The molecule has 3 heteroatoms. The van der Waals surface area contributed by atoms with E-state index < -0.39 is 0 Å². The maximum Gasteiger partial charge on any atom is 0.125 e. The second-order valence-corrected chi connectivity index (χ2v) is 6.87. The monoisotopic (exact) mass is 328 g/mol. The second-order valence-electron chi connectivity index (χ2n) is 5.40. The van der Waals surface area contributed by atoms with Gasteiger partial charge in [0.25, 0.3) is 0 Å². The third-order valence-corrected chi connectivity index (χ3v) is 4.92. The first-order valence-corrected chi connectivity index (χ1v) is 8.05. The Kier molecular flexibility index (Phi) is 3.86. The minimum atomic E-state index is 0.395. The van der Waals surface area contributed by atoms with E-state index >= 15 is 0 Å². The van der Waals surface area contributed by atoms with Crippen LogP contribution in [0.25, 0.3) is 0 Å². The molecule has 2 aliphatic rings. The number of halogens is 2. The molecule has 0 amide bonds. The summed E-state index contributed by atoms with van der Waals surface area (Å²) in [5.74, 6) is 1.94. The van der Waals surface area contributed by atoms with Crippen molar-refractivity contribution in [1.29, 1.82) is 0 Å². The van der Waals surface area contributed by atoms with Gasteiger partial charge in [-0.1, -0.05) is 15.9 Å². The van der Waals surface area contributed by atoms with Gasteiger partial charge in [0.15, 0.2) is 0 Å². The van der Waals surface area contributed by atoms with Crippen LogP contribution in [0.5, 0.6) is 5.75 Å². The summed E-state index contributed by atoms with van der Waals surface area (Å²) in [6.45, 7) is 0.832. The summed E-state index contributed by atoms with van der Waals surface area (Å²) in [5.41, 5.74) is 2.69. The number of hydrogen-bond donors (Lipinski definition) is 0. The van der Waals surface area contributed by atoms with Gasteiger partial charge in [-0.05, 0) is 61.3 Å². The van der Waals surface area contributed by atoms with Crippen molar-refractivity contribution in [2.75, 3.05) is 6.61 Å². The average Bonchev–Trinajstić information content (AvgIpc) is 3.08. The molecule has 1 fully saturated rings. The molecule has 98 valence electrons. The van der Waals surface area contributed by atoms with Crippen molar-refractivity contribution in [3.05, 3.63) is 27.7 Å². The molecule has 1 heterocycles. The summed E-state index contributed by atoms with van der Waals surface area (Å²) in [6, 6.07) is 4.38. The molecule has 18 heavy (non-hydrogen) atoms. The molecule has 3 rings (SSSR count). The fourth-order valence-electron chi connectivity index (χ4n) is 2.71. The smallest absolute Gasteiger partial charge is 0.125 e. The van der Waals surface area contributed by atoms with Crippen LogP contribution in [0.2, 0.25) is 0 Å². The first-order chi connectivity index (χ1) is 8.74. The van der Waals surface area contributed by atoms with Gasteiger partial charge in [-0.25, -0.2) is 0 Å². The molecule has 0 aromatic heterocycles. The van der Waals surface area contributed by atoms with Gasteiger partial charge in [0.05, 0.1) is 6.61 Å². The minimum absolute atomic E-state index is 0.395. The molecular weight excluding hydrogens is 312 g/mol. The van der Waals surface area contributed by atoms with Crippen molar-refractivity contribution in [3.8, 4) is 5.75 Å². The molecule has 1 aliphatic carbocycles. The minimum Gasteiger partial charge on any atom is -0.493 e. The van der Waals surface area contributed by atoms with Crippen LogP contribution in [0.15, 0.2) is 16.6 Å². The van der Waals surface area contributed by atoms with Crippen LogP contribution in [0, 0.1) is 5.92 Å². The molecule has 1 aromatic carbocycles. The molecule has 1 aliphatic heterocycles. The standard InChI is InChI=1S/C15H18BrClO/c16-13-8-11(15-12(9-13)6-7-18-15)2-1-3-14(17)10-4-5-10/h8-10,14H,1-7H2. The molecule has 0 saturated heterocycles. The first-order valence-electron chi connectivity index (χ1n) is 6.82. The summed E-state index contributed by atoms with van der Waals surface area (Å²) in [5, 5.41) is 0.395. The maximum absolute atomic E-state index is 6.35. The fourth-order valence-corrected chi connectivity index (χ4v) is 3.67. The zero-order valence-corrected chi connectivity index (χ0v) is 12.8. The molecule has 0 bridgehead atoms. The van der Waals surface area contributed by atoms with Gasteiger partial charge in [0.2, 0.25) is 0 Å². The van der Waals surface area contributed by atoms with Gasteiger partial charge in [-0.3, -0.25) is 0 Å². The molecular formula is C15H18BrClO. The van der Waals surface area contributed by atoms with E-state index in [4.69, 9.17) is 16.3 Å². The molecule has 0 radical (unpaired) electrons. The van der Waals surface area contributed by atoms with E-state index in [9.17, 15) is 0 Å². The highest BCUT2D eigenvalue weighted by atomic mass is 79.9. The van der Waals surface area contributed by atoms with E-state index in [1.807, 2.05) is 0 Å². The summed E-state index contributed by atoms with van der Waals surface area (Å²) in [6.07, 6.45) is 7.09. The number of rotatable bonds is 5. The molecule has 1 atom stereocenters. The van der Waals surface area contributed by atoms with Crippen LogP contribution in [-0.2, 0) is 12.8 Å². The van der Waals surface area contributed by atoms with Gasteiger partial charge in [0, 0.05) is 16.3 Å². The summed E-state index contributed by atoms with van der Waals surface area (Å²) < 4.78 is 6.92. The van der Waals surface area contributed by atoms with Crippen molar-refractivity contribution in [3.63, 3.8) is 0 Å². The first kappa shape index (κ1) is 12.8. The Morgan fingerprint density at radius 3 is 3.00 bits per heavy atom. The summed E-state index contributed by atoms with van der Waals surface area (Å²) in [4.78, 5) is 0. The highest BCUT2D eigenvalue weighted by molar-refractivity contribution is 9.10. The number of benzene rings is 1. The van der Waals surface area contributed by atoms with E-state index in [-0.39, 0.29) is 0 Å². The third-order valence-electron chi connectivity index (χ3n) is 3.88. The second kappa shape index (κ2) is 5.42. The summed E-state index contributed by atoms with van der Waals surface area (Å²) in [7, 11) is 0. The SMILES string of the molecule is ClC(CCCc1cc(Br)cc2c1OCC2)C1CC1. The quantitative estimate of drug-likeness (QED) is 0.710. The molecule has 1 aromatic rings. The Bertz CT molecular complexity index is 442. The topological polar surface area (TPSA) is 9.23 Å². The van der Waals surface area contributed by atoms with Crippen LogP contribution in [0.4, 0.5) is 0 Å². The number of hydrogen-bond acceptors (Lipinski definition) is 1. The van der Waals surface area contributed by atoms with Crippen LogP contribution >= 0.6 is 27.5 Å². The van der Waals surface area contributed by atoms with Crippen LogP contribution in [0.3, 0.4) is 0 Å². The van der Waals surface area contributed by atoms with Crippen LogP contribution in [0.1, 0.15) is 36.8 Å². The van der Waals surface area contributed by atoms with Crippen molar-refractivity contribution in [2.24, 2.45) is 5.92 Å². The van der Waals surface area contributed by atoms with Crippen LogP contribution in [-0.4, -0.2) is 12.0 Å². The lowest BCUT2D eigenvalue weighted by Gasteiger charge is -2.11. The Labute approximate surface area is 122 Å². The molecule has 0 spiro atoms. The lowest BCUT2D eigenvalue weighted by molar-refractivity contribution is 0.353. The highest BCUT2D eigenvalue weighted by Gasteiger charge is 2.29. The highest BCUT2D eigenvalue weighted by Crippen LogP contribution is 2.38. The van der Waals surface area contributed by atoms with E-state index in [0.717, 1.165) is 44.0 Å². The lowest BCUT2D eigenvalue weighted by Crippen LogP contribution is -2.02. The third kappa shape index (κ3) is 2.85. The molecule has 1 saturated carbocycles. The van der Waals surface area contributed by atoms with E-state index in [1.165, 1.54) is 28.4 Å². The normalized spacial score (nSPS) is 19.4. The van der Waals surface area contributed by atoms with E-state index in [0.29, 0.717) is 5.38 Å². The zero-order valence-electron chi connectivity index (χ0n) is 10.4. The number of aryl methyl sites for hydroxylation is 1. The Hall–Kier alpha value is -0.210.